The Kier molecular flexibility index (Phi) is 3.97. The monoisotopic (exact) mass is 268 g/mol. The van der Waals surface area contributed by atoms with Crippen LogP contribution in [0.1, 0.15) is 25.8 Å². The van der Waals surface area contributed by atoms with E-state index in [9.17, 15) is 5.26 Å². The summed E-state index contributed by atoms with van der Waals surface area (Å²) in [5.41, 5.74) is 1.50. The second-order valence-corrected chi connectivity index (χ2v) is 6.02. The average molecular weight is 268 g/mol. The van der Waals surface area contributed by atoms with E-state index in [1.165, 1.54) is 0 Å². The first-order valence-corrected chi connectivity index (χ1v) is 6.83. The molecule has 104 valence electrons. The quantitative estimate of drug-likeness (QED) is 0.826. The summed E-state index contributed by atoms with van der Waals surface area (Å²) in [5.74, 6) is 0. The number of hydrogen-bond donors (Lipinski definition) is 0. The molecule has 1 fully saturated rings. The molecule has 4 nitrogen and oxygen atoms in total. The van der Waals surface area contributed by atoms with Crippen LogP contribution in [-0.2, 0) is 0 Å². The molecule has 1 atom stereocenters. The second kappa shape index (κ2) is 5.53. The molecule has 0 aromatic heterocycles. The number of benzene rings is 1. The van der Waals surface area contributed by atoms with Crippen molar-refractivity contribution < 1.29 is 0 Å². The Morgan fingerprint density at radius 2 is 2.00 bits per heavy atom. The van der Waals surface area contributed by atoms with Crippen LogP contribution in [0.15, 0.2) is 24.3 Å². The highest BCUT2D eigenvalue weighted by Gasteiger charge is 2.39. The molecule has 20 heavy (non-hydrogen) atoms. The van der Waals surface area contributed by atoms with Crippen LogP contribution >= 0.6 is 0 Å². The second-order valence-electron chi connectivity index (χ2n) is 6.02. The molecule has 1 unspecified atom stereocenters. The summed E-state index contributed by atoms with van der Waals surface area (Å²) in [7, 11) is 2.08. The molecule has 1 aliphatic heterocycles. The van der Waals surface area contributed by atoms with E-state index in [1.54, 1.807) is 0 Å². The maximum absolute atomic E-state index is 9.34. The molecule has 1 aliphatic rings. The van der Waals surface area contributed by atoms with E-state index < -0.39 is 0 Å². The van der Waals surface area contributed by atoms with Crippen LogP contribution in [0.2, 0.25) is 0 Å². The Hall–Kier alpha value is -2.04. The van der Waals surface area contributed by atoms with Gasteiger partial charge in [-0.2, -0.15) is 10.5 Å². The van der Waals surface area contributed by atoms with Gasteiger partial charge in [0.1, 0.15) is 6.07 Å². The lowest BCUT2D eigenvalue weighted by Gasteiger charge is -2.52. The van der Waals surface area contributed by atoms with E-state index in [4.69, 9.17) is 5.26 Å². The summed E-state index contributed by atoms with van der Waals surface area (Å²) in [6, 6.07) is 12.3. The van der Waals surface area contributed by atoms with Gasteiger partial charge in [0, 0.05) is 18.6 Å². The van der Waals surface area contributed by atoms with Crippen LogP contribution in [0.25, 0.3) is 0 Å². The molecule has 0 aliphatic carbocycles. The predicted octanol–water partition coefficient (Wildman–Crippen LogP) is 2.37. The van der Waals surface area contributed by atoms with E-state index in [0.717, 1.165) is 18.8 Å². The zero-order valence-electron chi connectivity index (χ0n) is 12.3. The highest BCUT2D eigenvalue weighted by molar-refractivity contribution is 5.62. The molecule has 1 aromatic carbocycles. The first-order valence-electron chi connectivity index (χ1n) is 6.83. The Balaban J connectivity index is 2.49. The summed E-state index contributed by atoms with van der Waals surface area (Å²) in [5, 5.41) is 18.4. The Bertz CT molecular complexity index is 565. The zero-order valence-corrected chi connectivity index (χ0v) is 12.3. The van der Waals surface area contributed by atoms with Crippen LogP contribution in [0.3, 0.4) is 0 Å². The number of anilines is 1. The molecule has 0 spiro atoms. The largest absolute Gasteiger partial charge is 0.359 e. The van der Waals surface area contributed by atoms with Gasteiger partial charge in [0.15, 0.2) is 0 Å². The van der Waals surface area contributed by atoms with Crippen molar-refractivity contribution in [1.82, 2.24) is 4.90 Å². The number of nitriles is 2. The average Bonchev–Trinajstić information content (AvgIpc) is 2.37. The van der Waals surface area contributed by atoms with Crippen LogP contribution in [0, 0.1) is 22.7 Å². The summed E-state index contributed by atoms with van der Waals surface area (Å²) < 4.78 is 0. The molecule has 0 N–H and O–H groups in total. The third kappa shape index (κ3) is 2.61. The molecule has 2 rings (SSSR count). The van der Waals surface area contributed by atoms with Crippen molar-refractivity contribution in [3.63, 3.8) is 0 Å². The maximum atomic E-state index is 9.34. The normalized spacial score (nSPS) is 22.1. The highest BCUT2D eigenvalue weighted by Crippen LogP contribution is 2.34. The molecule has 1 aromatic rings. The molecule has 0 saturated carbocycles. The van der Waals surface area contributed by atoms with Crippen molar-refractivity contribution in [2.75, 3.05) is 25.0 Å². The van der Waals surface area contributed by atoms with Crippen molar-refractivity contribution in [1.29, 1.82) is 10.5 Å². The van der Waals surface area contributed by atoms with Gasteiger partial charge in [0.25, 0.3) is 0 Å². The molecular weight excluding hydrogens is 248 g/mol. The SMILES string of the molecule is CN1CC(CC#N)N(c2ccccc2C#N)C(C)(C)C1. The van der Waals surface area contributed by atoms with Crippen molar-refractivity contribution in [3.8, 4) is 12.1 Å². The van der Waals surface area contributed by atoms with Gasteiger partial charge < -0.3 is 9.80 Å². The predicted molar refractivity (Wildman–Crippen MR) is 79.2 cm³/mol. The molecule has 1 heterocycles. The lowest BCUT2D eigenvalue weighted by Crippen LogP contribution is -2.63. The summed E-state index contributed by atoms with van der Waals surface area (Å²) in [4.78, 5) is 4.52. The Labute approximate surface area is 120 Å². The first kappa shape index (κ1) is 14.4. The minimum absolute atomic E-state index is 0.110. The number of hydrogen-bond acceptors (Lipinski definition) is 4. The van der Waals surface area contributed by atoms with Crippen molar-refractivity contribution in [2.24, 2.45) is 0 Å². The number of likely N-dealkylation sites (N-methyl/N-ethyl adjacent to an activating group) is 1. The number of piperazine rings is 1. The summed E-state index contributed by atoms with van der Waals surface area (Å²) in [6.07, 6.45) is 0.466. The molecule has 0 bridgehead atoms. The number of para-hydroxylation sites is 1. The minimum Gasteiger partial charge on any atom is -0.359 e. The van der Waals surface area contributed by atoms with Gasteiger partial charge >= 0.3 is 0 Å². The smallest absolute Gasteiger partial charge is 0.101 e. The van der Waals surface area contributed by atoms with E-state index in [1.807, 2.05) is 24.3 Å². The van der Waals surface area contributed by atoms with Gasteiger partial charge in [-0.3, -0.25) is 0 Å². The first-order chi connectivity index (χ1) is 9.49. The van der Waals surface area contributed by atoms with Crippen molar-refractivity contribution >= 4 is 5.69 Å². The molecule has 4 heteroatoms. The van der Waals surface area contributed by atoms with Gasteiger partial charge in [-0.05, 0) is 33.0 Å². The van der Waals surface area contributed by atoms with E-state index in [0.29, 0.717) is 12.0 Å². The topological polar surface area (TPSA) is 54.1 Å². The number of rotatable bonds is 2. The zero-order chi connectivity index (χ0) is 14.8. The lowest BCUT2D eigenvalue weighted by atomic mass is 9.92. The van der Waals surface area contributed by atoms with Crippen LogP contribution in [-0.4, -0.2) is 36.6 Å². The van der Waals surface area contributed by atoms with E-state index in [2.05, 4.69) is 42.8 Å². The van der Waals surface area contributed by atoms with Crippen LogP contribution < -0.4 is 4.90 Å². The van der Waals surface area contributed by atoms with Gasteiger partial charge in [-0.25, -0.2) is 0 Å². The lowest BCUT2D eigenvalue weighted by molar-refractivity contribution is 0.181. The van der Waals surface area contributed by atoms with Crippen LogP contribution in [0.4, 0.5) is 5.69 Å². The van der Waals surface area contributed by atoms with Crippen molar-refractivity contribution in [3.05, 3.63) is 29.8 Å². The van der Waals surface area contributed by atoms with Crippen LogP contribution in [0.5, 0.6) is 0 Å². The fourth-order valence-corrected chi connectivity index (χ4v) is 3.30. The van der Waals surface area contributed by atoms with Gasteiger partial charge in [-0.15, -0.1) is 0 Å². The number of nitrogens with zero attached hydrogens (tertiary/aromatic N) is 4. The summed E-state index contributed by atoms with van der Waals surface area (Å²) in [6.45, 7) is 6.09. The molecule has 0 amide bonds. The summed E-state index contributed by atoms with van der Waals surface area (Å²) >= 11 is 0. The third-order valence-electron chi connectivity index (χ3n) is 3.81. The van der Waals surface area contributed by atoms with Gasteiger partial charge in [0.2, 0.25) is 0 Å². The molecule has 1 saturated heterocycles. The molecular formula is C16H20N4. The van der Waals surface area contributed by atoms with E-state index >= 15 is 0 Å². The fraction of sp³-hybridized carbons (Fsp3) is 0.500. The standard InChI is InChI=1S/C16H20N4/c1-16(2)12-19(3)11-14(8-9-17)20(16)15-7-5-4-6-13(15)10-18/h4-7,14H,8,11-12H2,1-3H3. The Morgan fingerprint density at radius 1 is 1.30 bits per heavy atom. The molecule has 0 radical (unpaired) electrons. The van der Waals surface area contributed by atoms with E-state index in [-0.39, 0.29) is 11.6 Å². The fourth-order valence-electron chi connectivity index (χ4n) is 3.30. The van der Waals surface area contributed by atoms with Gasteiger partial charge in [-0.1, -0.05) is 12.1 Å². The Morgan fingerprint density at radius 3 is 2.65 bits per heavy atom. The van der Waals surface area contributed by atoms with Crippen molar-refractivity contribution in [2.45, 2.75) is 31.8 Å². The highest BCUT2D eigenvalue weighted by atomic mass is 15.3. The minimum atomic E-state index is -0.110. The maximum Gasteiger partial charge on any atom is 0.101 e. The third-order valence-corrected chi connectivity index (χ3v) is 3.81. The van der Waals surface area contributed by atoms with Gasteiger partial charge in [0.05, 0.1) is 29.8 Å².